The Bertz CT molecular complexity index is 1160. The summed E-state index contributed by atoms with van der Waals surface area (Å²) < 4.78 is 7.70. The Balaban J connectivity index is 2.10. The number of nitrogens with zero attached hydrogens (tertiary/aromatic N) is 2. The fourth-order valence-electron chi connectivity index (χ4n) is 3.35. The van der Waals surface area contributed by atoms with Gasteiger partial charge in [0.15, 0.2) is 11.4 Å². The lowest BCUT2D eigenvalue weighted by atomic mass is 9.97. The molecule has 2 heterocycles. The van der Waals surface area contributed by atoms with Crippen LogP contribution in [0.3, 0.4) is 0 Å². The third kappa shape index (κ3) is 3.70. The average molecular weight is 397 g/mol. The lowest BCUT2D eigenvalue weighted by Gasteiger charge is -2.21. The summed E-state index contributed by atoms with van der Waals surface area (Å²) in [5.74, 6) is 1.14. The molecule has 0 atom stereocenters. The van der Waals surface area contributed by atoms with Gasteiger partial charge in [0.1, 0.15) is 11.3 Å². The number of aryl methyl sites for hydroxylation is 1. The van der Waals surface area contributed by atoms with Crippen molar-refractivity contribution in [3.63, 3.8) is 0 Å². The molecule has 0 saturated heterocycles. The maximum absolute atomic E-state index is 12.3. The van der Waals surface area contributed by atoms with Crippen LogP contribution in [0.15, 0.2) is 17.1 Å². The molecule has 0 fully saturated rings. The molecule has 8 nitrogen and oxygen atoms in total. The van der Waals surface area contributed by atoms with Crippen molar-refractivity contribution in [2.75, 3.05) is 5.32 Å². The van der Waals surface area contributed by atoms with E-state index >= 15 is 0 Å². The van der Waals surface area contributed by atoms with Gasteiger partial charge in [-0.05, 0) is 58.2 Å². The monoisotopic (exact) mass is 397 g/mol. The number of H-pyrrole nitrogens is 1. The molecule has 1 aromatic carbocycles. The first-order chi connectivity index (χ1) is 13.6. The molecule has 0 saturated carbocycles. The van der Waals surface area contributed by atoms with E-state index in [2.05, 4.69) is 20.6 Å². The van der Waals surface area contributed by atoms with E-state index in [4.69, 9.17) is 4.74 Å². The Hall–Kier alpha value is -3.29. The van der Waals surface area contributed by atoms with Gasteiger partial charge in [-0.25, -0.2) is 14.6 Å². The highest BCUT2D eigenvalue weighted by Crippen LogP contribution is 2.39. The lowest BCUT2D eigenvalue weighted by molar-refractivity contribution is 0.250. The summed E-state index contributed by atoms with van der Waals surface area (Å²) in [5.41, 5.74) is 5.30. The second-order valence-electron chi connectivity index (χ2n) is 7.56. The summed E-state index contributed by atoms with van der Waals surface area (Å²) in [6.07, 6.45) is 1.60. The van der Waals surface area contributed by atoms with Crippen molar-refractivity contribution in [2.24, 2.45) is 7.05 Å². The Morgan fingerprint density at radius 2 is 1.83 bits per heavy atom. The van der Waals surface area contributed by atoms with Crippen LogP contribution >= 0.6 is 0 Å². The molecule has 0 radical (unpaired) electrons. The minimum atomic E-state index is -0.265. The maximum Gasteiger partial charge on any atom is 0.327 e. The number of benzene rings is 1. The largest absolute Gasteiger partial charge is 0.454 e. The molecule has 0 aliphatic rings. The average Bonchev–Trinajstić information content (AvgIpc) is 2.95. The molecule has 2 aromatic heterocycles. The Morgan fingerprint density at radius 3 is 2.48 bits per heavy atom. The number of hydrogen-bond donors (Lipinski definition) is 3. The third-order valence-corrected chi connectivity index (χ3v) is 5.17. The molecular formula is C21H27N5O3. The second-order valence-corrected chi connectivity index (χ2v) is 7.56. The van der Waals surface area contributed by atoms with Crippen molar-refractivity contribution in [1.82, 2.24) is 19.9 Å². The normalized spacial score (nSPS) is 11.2. The van der Waals surface area contributed by atoms with E-state index in [1.165, 1.54) is 4.57 Å². The number of aromatic nitrogens is 3. The number of ether oxygens (including phenoxy) is 1. The molecule has 154 valence electrons. The maximum atomic E-state index is 12.3. The summed E-state index contributed by atoms with van der Waals surface area (Å²) >= 11 is 0. The van der Waals surface area contributed by atoms with E-state index < -0.39 is 0 Å². The van der Waals surface area contributed by atoms with Crippen LogP contribution in [0.2, 0.25) is 0 Å². The number of imidazole rings is 1. The van der Waals surface area contributed by atoms with Crippen molar-refractivity contribution >= 4 is 22.9 Å². The van der Waals surface area contributed by atoms with Crippen LogP contribution in [0, 0.1) is 27.7 Å². The molecule has 3 N–H and O–H groups in total. The van der Waals surface area contributed by atoms with Crippen LogP contribution in [0.5, 0.6) is 11.5 Å². The van der Waals surface area contributed by atoms with Crippen molar-refractivity contribution in [3.05, 3.63) is 45.0 Å². The highest BCUT2D eigenvalue weighted by atomic mass is 16.5. The molecule has 3 rings (SSSR count). The summed E-state index contributed by atoms with van der Waals surface area (Å²) in [7, 11) is 1.65. The number of aromatic amines is 1. The predicted molar refractivity (Wildman–Crippen MR) is 114 cm³/mol. The standard InChI is InChI=1S/C21H27N5O3/c1-10(2)23-20(27)24-16-12(4)11(3)13(5)18(14(16)6)29-15-8-9-22-19-17(15)25-21(28)26(19)7/h8-10H,1-7H3,(H,25,28)(H2,23,24,27). The van der Waals surface area contributed by atoms with Gasteiger partial charge in [0.2, 0.25) is 0 Å². The van der Waals surface area contributed by atoms with E-state index in [9.17, 15) is 9.59 Å². The van der Waals surface area contributed by atoms with E-state index in [1.54, 1.807) is 19.3 Å². The van der Waals surface area contributed by atoms with Gasteiger partial charge in [0, 0.05) is 30.9 Å². The van der Waals surface area contributed by atoms with Gasteiger partial charge in [-0.1, -0.05) is 0 Å². The quantitative estimate of drug-likeness (QED) is 0.623. The molecule has 0 aliphatic heterocycles. The van der Waals surface area contributed by atoms with Crippen molar-refractivity contribution in [2.45, 2.75) is 47.6 Å². The van der Waals surface area contributed by atoms with Crippen molar-refractivity contribution in [3.8, 4) is 11.5 Å². The highest BCUT2D eigenvalue weighted by molar-refractivity contribution is 5.92. The molecule has 0 aliphatic carbocycles. The van der Waals surface area contributed by atoms with Gasteiger partial charge in [0.25, 0.3) is 0 Å². The number of carbonyl (C=O) groups is 1. The van der Waals surface area contributed by atoms with Crippen LogP contribution in [-0.2, 0) is 7.05 Å². The number of anilines is 1. The Labute approximate surface area is 169 Å². The number of carbonyl (C=O) groups excluding carboxylic acids is 1. The first-order valence-electron chi connectivity index (χ1n) is 9.51. The van der Waals surface area contributed by atoms with Crippen LogP contribution in [0.1, 0.15) is 36.1 Å². The summed E-state index contributed by atoms with van der Waals surface area (Å²) in [4.78, 5) is 31.3. The van der Waals surface area contributed by atoms with Gasteiger partial charge in [-0.3, -0.25) is 4.57 Å². The molecule has 8 heteroatoms. The van der Waals surface area contributed by atoms with Gasteiger partial charge in [-0.15, -0.1) is 0 Å². The Morgan fingerprint density at radius 1 is 1.14 bits per heavy atom. The smallest absolute Gasteiger partial charge is 0.327 e. The number of fused-ring (bicyclic) bond motifs is 1. The van der Waals surface area contributed by atoms with Gasteiger partial charge in [0.05, 0.1) is 5.69 Å². The first kappa shape index (κ1) is 20.4. The zero-order chi connectivity index (χ0) is 21.5. The van der Waals surface area contributed by atoms with Gasteiger partial charge in [-0.2, -0.15) is 0 Å². The number of urea groups is 1. The summed E-state index contributed by atoms with van der Waals surface area (Å²) in [5, 5.41) is 5.79. The molecule has 3 aromatic rings. The van der Waals surface area contributed by atoms with Crippen LogP contribution in [-0.4, -0.2) is 26.6 Å². The molecule has 0 bridgehead atoms. The van der Waals surface area contributed by atoms with E-state index in [0.29, 0.717) is 28.4 Å². The van der Waals surface area contributed by atoms with E-state index in [0.717, 1.165) is 22.3 Å². The number of nitrogens with one attached hydrogen (secondary N) is 3. The summed E-state index contributed by atoms with van der Waals surface area (Å²) in [6.45, 7) is 11.7. The number of amides is 2. The summed E-state index contributed by atoms with van der Waals surface area (Å²) in [6, 6.07) is 1.47. The third-order valence-electron chi connectivity index (χ3n) is 5.17. The van der Waals surface area contributed by atoms with E-state index in [-0.39, 0.29) is 17.8 Å². The number of rotatable bonds is 4. The number of pyridine rings is 1. The molecule has 2 amide bonds. The van der Waals surface area contributed by atoms with Crippen molar-refractivity contribution in [1.29, 1.82) is 0 Å². The molecule has 0 spiro atoms. The van der Waals surface area contributed by atoms with E-state index in [1.807, 2.05) is 41.5 Å². The van der Waals surface area contributed by atoms with Crippen LogP contribution < -0.4 is 21.1 Å². The molecule has 29 heavy (non-hydrogen) atoms. The minimum absolute atomic E-state index is 0.0258. The van der Waals surface area contributed by atoms with Gasteiger partial charge >= 0.3 is 11.7 Å². The molecule has 0 unspecified atom stereocenters. The highest BCUT2D eigenvalue weighted by Gasteiger charge is 2.20. The second kappa shape index (κ2) is 7.62. The topological polar surface area (TPSA) is 101 Å². The predicted octanol–water partition coefficient (Wildman–Crippen LogP) is 3.82. The number of hydrogen-bond acceptors (Lipinski definition) is 4. The fourth-order valence-corrected chi connectivity index (χ4v) is 3.35. The minimum Gasteiger partial charge on any atom is -0.454 e. The van der Waals surface area contributed by atoms with Gasteiger partial charge < -0.3 is 20.4 Å². The first-order valence-corrected chi connectivity index (χ1v) is 9.51. The van der Waals surface area contributed by atoms with Crippen LogP contribution in [0.4, 0.5) is 10.5 Å². The van der Waals surface area contributed by atoms with Crippen LogP contribution in [0.25, 0.3) is 11.2 Å². The lowest BCUT2D eigenvalue weighted by Crippen LogP contribution is -2.34. The Kier molecular flexibility index (Phi) is 5.37. The zero-order valence-corrected chi connectivity index (χ0v) is 17.9. The fraction of sp³-hybridized carbons (Fsp3) is 0.381. The van der Waals surface area contributed by atoms with Crippen molar-refractivity contribution < 1.29 is 9.53 Å². The SMILES string of the molecule is Cc1c(C)c(NC(=O)NC(C)C)c(C)c(Oc2ccnc3c2[nH]c(=O)n3C)c1C. The molecular weight excluding hydrogens is 370 g/mol. The zero-order valence-electron chi connectivity index (χ0n) is 17.9.